The van der Waals surface area contributed by atoms with Crippen LogP contribution in [0.5, 0.6) is 0 Å². The summed E-state index contributed by atoms with van der Waals surface area (Å²) in [5.41, 5.74) is 1.18. The van der Waals surface area contributed by atoms with Crippen LogP contribution in [0.3, 0.4) is 0 Å². The Balaban J connectivity index is 2.42. The maximum Gasteiger partial charge on any atom is 0.310 e. The topological polar surface area (TPSA) is 55.3 Å². The van der Waals surface area contributed by atoms with Crippen molar-refractivity contribution in [3.05, 3.63) is 16.8 Å². The third-order valence-corrected chi connectivity index (χ3v) is 4.48. The van der Waals surface area contributed by atoms with Crippen molar-refractivity contribution in [1.29, 1.82) is 0 Å². The van der Waals surface area contributed by atoms with Gasteiger partial charge >= 0.3 is 5.97 Å². The van der Waals surface area contributed by atoms with Crippen LogP contribution < -0.4 is 4.90 Å². The second-order valence-corrected chi connectivity index (χ2v) is 6.01. The van der Waals surface area contributed by atoms with Crippen molar-refractivity contribution >= 4 is 33.3 Å². The van der Waals surface area contributed by atoms with Gasteiger partial charge in [-0.3, -0.25) is 4.79 Å². The zero-order chi connectivity index (χ0) is 15.6. The average Bonchev–Trinajstić information content (AvgIpc) is 2.84. The summed E-state index contributed by atoms with van der Waals surface area (Å²) >= 11 is 1.63. The number of thiophene rings is 1. The molecule has 2 aromatic rings. The maximum absolute atomic E-state index is 11.7. The second-order valence-electron chi connectivity index (χ2n) is 5.16. The summed E-state index contributed by atoms with van der Waals surface area (Å²) in [6.45, 7) is 9.27. The number of carbonyl (C=O) groups is 1. The summed E-state index contributed by atoms with van der Waals surface area (Å²) in [4.78, 5) is 23.9. The normalized spacial score (nSPS) is 12.4. The van der Waals surface area contributed by atoms with Gasteiger partial charge in [0.15, 0.2) is 0 Å². The number of hydrogen-bond donors (Lipinski definition) is 0. The van der Waals surface area contributed by atoms with Crippen molar-refractivity contribution in [2.75, 3.05) is 25.1 Å². The van der Waals surface area contributed by atoms with E-state index in [-0.39, 0.29) is 11.9 Å². The molecule has 0 bridgehead atoms. The quantitative estimate of drug-likeness (QED) is 0.795. The Hall–Kier alpha value is -1.69. The van der Waals surface area contributed by atoms with Crippen molar-refractivity contribution in [1.82, 2.24) is 9.97 Å². The molecule has 5 nitrogen and oxygen atoms in total. The van der Waals surface area contributed by atoms with Crippen LogP contribution in [0, 0.1) is 19.8 Å². The number of fused-ring (bicyclic) bond motifs is 1. The minimum atomic E-state index is -0.197. The van der Waals surface area contributed by atoms with Gasteiger partial charge in [-0.1, -0.05) is 6.92 Å². The van der Waals surface area contributed by atoms with Gasteiger partial charge in [-0.15, -0.1) is 11.3 Å². The molecule has 0 radical (unpaired) electrons. The number of nitrogens with zero attached hydrogens (tertiary/aromatic N) is 3. The molecular weight excluding hydrogens is 286 g/mol. The fourth-order valence-electron chi connectivity index (χ4n) is 2.37. The van der Waals surface area contributed by atoms with Gasteiger partial charge in [-0.2, -0.15) is 0 Å². The van der Waals surface area contributed by atoms with Crippen LogP contribution in [0.1, 0.15) is 25.2 Å². The predicted molar refractivity (Wildman–Crippen MR) is 86.0 cm³/mol. The maximum atomic E-state index is 11.7. The summed E-state index contributed by atoms with van der Waals surface area (Å²) in [7, 11) is 1.42. The molecule has 1 atom stereocenters. The molecule has 0 aliphatic rings. The fourth-order valence-corrected chi connectivity index (χ4v) is 3.33. The molecule has 2 aromatic heterocycles. The first-order chi connectivity index (χ1) is 9.97. The van der Waals surface area contributed by atoms with Gasteiger partial charge in [-0.05, 0) is 31.7 Å². The highest BCUT2D eigenvalue weighted by molar-refractivity contribution is 7.17. The zero-order valence-corrected chi connectivity index (χ0v) is 14.0. The summed E-state index contributed by atoms with van der Waals surface area (Å²) < 4.78 is 4.82. The number of methoxy groups -OCH3 is 1. The molecule has 21 heavy (non-hydrogen) atoms. The Morgan fingerprint density at radius 2 is 2.14 bits per heavy atom. The largest absolute Gasteiger partial charge is 0.469 e. The Morgan fingerprint density at radius 3 is 2.76 bits per heavy atom. The molecule has 1 unspecified atom stereocenters. The average molecular weight is 307 g/mol. The van der Waals surface area contributed by atoms with Crippen molar-refractivity contribution in [2.45, 2.75) is 27.7 Å². The summed E-state index contributed by atoms with van der Waals surface area (Å²) in [6.07, 6.45) is 0. The van der Waals surface area contributed by atoms with Crippen molar-refractivity contribution in [2.24, 2.45) is 5.92 Å². The van der Waals surface area contributed by atoms with Crippen LogP contribution in [0.4, 0.5) is 5.82 Å². The van der Waals surface area contributed by atoms with E-state index in [0.29, 0.717) is 6.54 Å². The molecule has 0 aliphatic carbocycles. The number of aryl methyl sites for hydroxylation is 2. The highest BCUT2D eigenvalue weighted by Crippen LogP contribution is 2.31. The molecule has 2 heterocycles. The minimum Gasteiger partial charge on any atom is -0.469 e. The van der Waals surface area contributed by atoms with E-state index in [1.807, 2.05) is 13.8 Å². The van der Waals surface area contributed by atoms with E-state index in [2.05, 4.69) is 34.1 Å². The van der Waals surface area contributed by atoms with Crippen LogP contribution in [0.25, 0.3) is 10.2 Å². The third-order valence-electron chi connectivity index (χ3n) is 3.49. The Bertz CT molecular complexity index is 654. The summed E-state index contributed by atoms with van der Waals surface area (Å²) in [5.74, 6) is 1.27. The molecule has 0 aliphatic heterocycles. The predicted octanol–water partition coefficient (Wildman–Crippen LogP) is 2.94. The van der Waals surface area contributed by atoms with Gasteiger partial charge in [0, 0.05) is 13.1 Å². The van der Waals surface area contributed by atoms with E-state index in [4.69, 9.17) is 4.74 Å². The van der Waals surface area contributed by atoms with Gasteiger partial charge in [0.25, 0.3) is 0 Å². The van der Waals surface area contributed by atoms with Crippen molar-refractivity contribution < 1.29 is 9.53 Å². The van der Waals surface area contributed by atoms with E-state index >= 15 is 0 Å². The lowest BCUT2D eigenvalue weighted by atomic mass is 10.1. The molecule has 6 heteroatoms. The number of carbonyl (C=O) groups excluding carboxylic acids is 1. The molecule has 0 amide bonds. The molecule has 0 spiro atoms. The Morgan fingerprint density at radius 1 is 1.43 bits per heavy atom. The van der Waals surface area contributed by atoms with E-state index in [1.54, 1.807) is 11.3 Å². The van der Waals surface area contributed by atoms with Crippen LogP contribution in [0.2, 0.25) is 0 Å². The number of aromatic nitrogens is 2. The van der Waals surface area contributed by atoms with Crippen molar-refractivity contribution in [3.63, 3.8) is 0 Å². The van der Waals surface area contributed by atoms with Crippen molar-refractivity contribution in [3.8, 4) is 0 Å². The van der Waals surface area contributed by atoms with Crippen LogP contribution >= 0.6 is 11.3 Å². The minimum absolute atomic E-state index is 0.195. The first kappa shape index (κ1) is 15.7. The highest BCUT2D eigenvalue weighted by atomic mass is 32.1. The lowest BCUT2D eigenvalue weighted by molar-refractivity contribution is -0.144. The molecule has 0 saturated carbocycles. The summed E-state index contributed by atoms with van der Waals surface area (Å²) in [5, 5.41) is 3.18. The number of anilines is 1. The number of ether oxygens (including phenoxy) is 1. The third kappa shape index (κ3) is 3.15. The number of esters is 1. The van der Waals surface area contributed by atoms with E-state index in [1.165, 1.54) is 12.7 Å². The van der Waals surface area contributed by atoms with Crippen LogP contribution in [0.15, 0.2) is 5.38 Å². The fraction of sp³-hybridized carbons (Fsp3) is 0.533. The van der Waals surface area contributed by atoms with E-state index < -0.39 is 0 Å². The lowest BCUT2D eigenvalue weighted by Gasteiger charge is -2.25. The standard InChI is InChI=1S/C15H21N3O2S/c1-6-18(7-9(2)15(19)20-5)13-12-10(3)8-21-14(12)17-11(4)16-13/h8-9H,6-7H2,1-5H3. The first-order valence-electron chi connectivity index (χ1n) is 7.03. The second kappa shape index (κ2) is 6.39. The van der Waals surface area contributed by atoms with Gasteiger partial charge in [0.05, 0.1) is 18.4 Å². The van der Waals surface area contributed by atoms with Crippen LogP contribution in [-0.4, -0.2) is 36.1 Å². The number of rotatable bonds is 5. The molecule has 0 saturated heterocycles. The van der Waals surface area contributed by atoms with Crippen LogP contribution in [-0.2, 0) is 9.53 Å². The zero-order valence-electron chi connectivity index (χ0n) is 13.1. The number of hydrogen-bond acceptors (Lipinski definition) is 6. The first-order valence-corrected chi connectivity index (χ1v) is 7.91. The van der Waals surface area contributed by atoms with Gasteiger partial charge in [0.1, 0.15) is 16.5 Å². The molecule has 2 rings (SSSR count). The van der Waals surface area contributed by atoms with Gasteiger partial charge in [-0.25, -0.2) is 9.97 Å². The molecule has 0 fully saturated rings. The highest BCUT2D eigenvalue weighted by Gasteiger charge is 2.21. The molecule has 0 N–H and O–H groups in total. The van der Waals surface area contributed by atoms with Gasteiger partial charge < -0.3 is 9.64 Å². The van der Waals surface area contributed by atoms with Gasteiger partial charge in [0.2, 0.25) is 0 Å². The Kier molecular flexibility index (Phi) is 4.77. The monoisotopic (exact) mass is 307 g/mol. The summed E-state index contributed by atoms with van der Waals surface area (Å²) in [6, 6.07) is 0. The SMILES string of the molecule is CCN(CC(C)C(=O)OC)c1nc(C)nc2scc(C)c12. The Labute approximate surface area is 129 Å². The molecular formula is C15H21N3O2S. The van der Waals surface area contributed by atoms with E-state index in [9.17, 15) is 4.79 Å². The smallest absolute Gasteiger partial charge is 0.310 e. The lowest BCUT2D eigenvalue weighted by Crippen LogP contribution is -2.33. The molecule has 114 valence electrons. The molecule has 0 aromatic carbocycles. The van der Waals surface area contributed by atoms with E-state index in [0.717, 1.165) is 28.4 Å².